The van der Waals surface area contributed by atoms with Gasteiger partial charge in [-0.1, -0.05) is 6.07 Å². The largest absolute Gasteiger partial charge is 0.384 e. The van der Waals surface area contributed by atoms with Crippen LogP contribution >= 0.6 is 0 Å². The van der Waals surface area contributed by atoms with Gasteiger partial charge in [0.2, 0.25) is 5.91 Å². The topological polar surface area (TPSA) is 65.9 Å². The zero-order chi connectivity index (χ0) is 16.8. The Balaban J connectivity index is 1.56. The lowest BCUT2D eigenvalue weighted by molar-refractivity contribution is -0.134. The normalized spacial score (nSPS) is 25.6. The highest BCUT2D eigenvalue weighted by molar-refractivity contribution is 5.76. The third-order valence-electron chi connectivity index (χ3n) is 4.78. The van der Waals surface area contributed by atoms with E-state index < -0.39 is 5.60 Å². The Hall–Kier alpha value is -1.50. The number of carbonyl (C=O) groups excluding carboxylic acids is 1. The summed E-state index contributed by atoms with van der Waals surface area (Å²) in [5, 5.41) is 10.9. The molecule has 0 bridgehead atoms. The number of pyridine rings is 1. The van der Waals surface area contributed by atoms with Gasteiger partial charge in [0.25, 0.3) is 0 Å². The fraction of sp³-hybridized carbons (Fsp3) is 0.667. The molecule has 6 heteroatoms. The average molecular weight is 333 g/mol. The molecule has 1 aromatic heterocycles. The molecule has 3 heterocycles. The van der Waals surface area contributed by atoms with Gasteiger partial charge in [-0.25, -0.2) is 0 Å². The molecule has 3 rings (SSSR count). The first-order valence-corrected chi connectivity index (χ1v) is 8.84. The van der Waals surface area contributed by atoms with Crippen molar-refractivity contribution in [3.63, 3.8) is 0 Å². The summed E-state index contributed by atoms with van der Waals surface area (Å²) in [7, 11) is 0. The Morgan fingerprint density at radius 2 is 2.17 bits per heavy atom. The number of likely N-dealkylation sites (tertiary alicyclic amines) is 1. The summed E-state index contributed by atoms with van der Waals surface area (Å²) in [6.45, 7) is 4.33. The summed E-state index contributed by atoms with van der Waals surface area (Å²) in [6, 6.07) is 3.86. The van der Waals surface area contributed by atoms with Crippen molar-refractivity contribution in [1.29, 1.82) is 0 Å². The maximum atomic E-state index is 12.6. The van der Waals surface area contributed by atoms with Gasteiger partial charge in [-0.15, -0.1) is 0 Å². The molecule has 1 aromatic rings. The molecule has 1 unspecified atom stereocenters. The summed E-state index contributed by atoms with van der Waals surface area (Å²) in [5.74, 6) is 0.0733. The van der Waals surface area contributed by atoms with Crippen molar-refractivity contribution >= 4 is 5.91 Å². The second kappa shape index (κ2) is 8.05. The molecule has 0 spiro atoms. The zero-order valence-corrected chi connectivity index (χ0v) is 14.2. The highest BCUT2D eigenvalue weighted by Gasteiger charge is 2.36. The van der Waals surface area contributed by atoms with E-state index in [4.69, 9.17) is 4.74 Å². The summed E-state index contributed by atoms with van der Waals surface area (Å²) in [4.78, 5) is 20.7. The van der Waals surface area contributed by atoms with Crippen molar-refractivity contribution < 1.29 is 14.6 Å². The van der Waals surface area contributed by atoms with Crippen LogP contribution in [0.2, 0.25) is 0 Å². The second-order valence-corrected chi connectivity index (χ2v) is 6.94. The van der Waals surface area contributed by atoms with Crippen LogP contribution in [-0.2, 0) is 16.0 Å². The number of rotatable bonds is 5. The van der Waals surface area contributed by atoms with Gasteiger partial charge < -0.3 is 19.6 Å². The van der Waals surface area contributed by atoms with E-state index >= 15 is 0 Å². The van der Waals surface area contributed by atoms with Gasteiger partial charge >= 0.3 is 0 Å². The van der Waals surface area contributed by atoms with Crippen molar-refractivity contribution in [1.82, 2.24) is 14.8 Å². The molecule has 6 nitrogen and oxygen atoms in total. The standard InChI is InChI=1S/C18H27N3O3/c22-17(6-5-16-4-3-7-19-12-16)21-10-11-24-15-18(23,14-21)13-20-8-1-2-9-20/h3-4,7,12,23H,1-2,5-6,8-11,13-15H2. The second-order valence-electron chi connectivity index (χ2n) is 6.94. The van der Waals surface area contributed by atoms with Crippen molar-refractivity contribution in [3.8, 4) is 0 Å². The fourth-order valence-corrected chi connectivity index (χ4v) is 3.54. The fourth-order valence-electron chi connectivity index (χ4n) is 3.54. The molecule has 1 atom stereocenters. The van der Waals surface area contributed by atoms with Crippen LogP contribution in [0, 0.1) is 0 Å². The summed E-state index contributed by atoms with van der Waals surface area (Å²) in [6.07, 6.45) is 7.01. The number of amides is 1. The molecule has 132 valence electrons. The van der Waals surface area contributed by atoms with Crippen LogP contribution in [0.4, 0.5) is 0 Å². The molecule has 2 saturated heterocycles. The van der Waals surface area contributed by atoms with E-state index in [1.165, 1.54) is 12.8 Å². The van der Waals surface area contributed by atoms with E-state index in [9.17, 15) is 9.90 Å². The number of aryl methyl sites for hydroxylation is 1. The Morgan fingerprint density at radius 3 is 2.92 bits per heavy atom. The molecule has 2 aliphatic rings. The predicted octanol–water partition coefficient (Wildman–Crippen LogP) is 0.700. The number of ether oxygens (including phenoxy) is 1. The Kier molecular flexibility index (Phi) is 5.81. The average Bonchev–Trinajstić information content (AvgIpc) is 3.01. The lowest BCUT2D eigenvalue weighted by atomic mass is 10.0. The van der Waals surface area contributed by atoms with Crippen LogP contribution in [0.5, 0.6) is 0 Å². The minimum absolute atomic E-state index is 0.0733. The first-order valence-electron chi connectivity index (χ1n) is 8.84. The van der Waals surface area contributed by atoms with E-state index in [0.29, 0.717) is 45.7 Å². The molecular weight excluding hydrogens is 306 g/mol. The van der Waals surface area contributed by atoms with Crippen LogP contribution in [0.15, 0.2) is 24.5 Å². The Labute approximate surface area is 143 Å². The number of hydrogen-bond acceptors (Lipinski definition) is 5. The third-order valence-corrected chi connectivity index (χ3v) is 4.78. The van der Waals surface area contributed by atoms with E-state index in [0.717, 1.165) is 18.7 Å². The van der Waals surface area contributed by atoms with Crippen molar-refractivity contribution in [2.75, 3.05) is 45.9 Å². The van der Waals surface area contributed by atoms with E-state index in [1.54, 1.807) is 17.3 Å². The minimum atomic E-state index is -0.967. The van der Waals surface area contributed by atoms with Gasteiger partial charge in [0, 0.05) is 31.9 Å². The van der Waals surface area contributed by atoms with Crippen LogP contribution in [0.1, 0.15) is 24.8 Å². The number of hydrogen-bond donors (Lipinski definition) is 1. The summed E-state index contributed by atoms with van der Waals surface area (Å²) < 4.78 is 5.58. The summed E-state index contributed by atoms with van der Waals surface area (Å²) in [5.41, 5.74) is 0.0920. The molecule has 1 amide bonds. The highest BCUT2D eigenvalue weighted by atomic mass is 16.5. The molecule has 0 aromatic carbocycles. The maximum absolute atomic E-state index is 12.6. The van der Waals surface area contributed by atoms with Gasteiger partial charge in [-0.3, -0.25) is 9.78 Å². The minimum Gasteiger partial charge on any atom is -0.384 e. The van der Waals surface area contributed by atoms with E-state index in [-0.39, 0.29) is 5.91 Å². The molecule has 2 fully saturated rings. The zero-order valence-electron chi connectivity index (χ0n) is 14.2. The molecule has 0 radical (unpaired) electrons. The quantitative estimate of drug-likeness (QED) is 0.859. The van der Waals surface area contributed by atoms with Gasteiger partial charge in [0.05, 0.1) is 19.8 Å². The van der Waals surface area contributed by atoms with Crippen LogP contribution in [0.25, 0.3) is 0 Å². The van der Waals surface area contributed by atoms with Crippen molar-refractivity contribution in [3.05, 3.63) is 30.1 Å². The molecule has 0 saturated carbocycles. The van der Waals surface area contributed by atoms with E-state index in [2.05, 4.69) is 9.88 Å². The van der Waals surface area contributed by atoms with Gasteiger partial charge in [-0.2, -0.15) is 0 Å². The molecule has 0 aliphatic carbocycles. The molecular formula is C18H27N3O3. The smallest absolute Gasteiger partial charge is 0.223 e. The first-order chi connectivity index (χ1) is 11.6. The number of β-amino-alcohol motifs (C(OH)–C–C–N with tert-alkyl or cyclic N) is 1. The van der Waals surface area contributed by atoms with E-state index in [1.807, 2.05) is 12.1 Å². The van der Waals surface area contributed by atoms with Crippen molar-refractivity contribution in [2.24, 2.45) is 0 Å². The number of aliphatic hydroxyl groups is 1. The summed E-state index contributed by atoms with van der Waals surface area (Å²) >= 11 is 0. The Bertz CT molecular complexity index is 534. The van der Waals surface area contributed by atoms with Gasteiger partial charge in [0.1, 0.15) is 5.60 Å². The maximum Gasteiger partial charge on any atom is 0.223 e. The van der Waals surface area contributed by atoms with Crippen molar-refractivity contribution in [2.45, 2.75) is 31.3 Å². The lowest BCUT2D eigenvalue weighted by Crippen LogP contribution is -2.53. The SMILES string of the molecule is O=C(CCc1cccnc1)N1CCOCC(O)(CN2CCCC2)C1. The number of carbonyl (C=O) groups is 1. The van der Waals surface area contributed by atoms with Gasteiger partial charge in [-0.05, 0) is 44.0 Å². The lowest BCUT2D eigenvalue weighted by Gasteiger charge is -2.34. The number of aromatic nitrogens is 1. The third kappa shape index (κ3) is 4.75. The van der Waals surface area contributed by atoms with Gasteiger partial charge in [0.15, 0.2) is 0 Å². The molecule has 2 aliphatic heterocycles. The number of nitrogens with zero attached hydrogens (tertiary/aromatic N) is 3. The first kappa shape index (κ1) is 17.3. The van der Waals surface area contributed by atoms with Crippen LogP contribution < -0.4 is 0 Å². The van der Waals surface area contributed by atoms with Crippen LogP contribution in [-0.4, -0.2) is 77.3 Å². The highest BCUT2D eigenvalue weighted by Crippen LogP contribution is 2.18. The van der Waals surface area contributed by atoms with Crippen LogP contribution in [0.3, 0.4) is 0 Å². The Morgan fingerprint density at radius 1 is 1.33 bits per heavy atom. The predicted molar refractivity (Wildman–Crippen MR) is 90.6 cm³/mol. The molecule has 24 heavy (non-hydrogen) atoms. The monoisotopic (exact) mass is 333 g/mol. The molecule has 1 N–H and O–H groups in total.